The van der Waals surface area contributed by atoms with E-state index in [9.17, 15) is 10.4 Å². The molecule has 0 spiro atoms. The van der Waals surface area contributed by atoms with Crippen LogP contribution >= 0.6 is 0 Å². The maximum absolute atomic E-state index is 10.6. The monoisotopic (exact) mass is 332 g/mol. The van der Waals surface area contributed by atoms with Gasteiger partial charge in [-0.1, -0.05) is 0 Å². The molecule has 0 aliphatic rings. The fourth-order valence-corrected chi connectivity index (χ4v) is 2.72. The Morgan fingerprint density at radius 1 is 1.31 bits per heavy atom. The molecule has 1 aromatic carbocycles. The van der Waals surface area contributed by atoms with Gasteiger partial charge in [-0.05, 0) is 0 Å². The minimum atomic E-state index is -1.12. The zero-order chi connectivity index (χ0) is 12.3. The van der Waals surface area contributed by atoms with Gasteiger partial charge in [-0.15, -0.1) is 0 Å². The van der Waals surface area contributed by atoms with Crippen LogP contribution in [0.2, 0.25) is 0 Å². The van der Waals surface area contributed by atoms with Gasteiger partial charge < -0.3 is 0 Å². The molecule has 0 unspecified atom stereocenters. The van der Waals surface area contributed by atoms with E-state index in [0.717, 1.165) is 9.13 Å². The van der Waals surface area contributed by atoms with E-state index in [4.69, 9.17) is 5.26 Å². The zero-order valence-electron chi connectivity index (χ0n) is 9.37. The average molecular weight is 332 g/mol. The van der Waals surface area contributed by atoms with E-state index in [1.54, 1.807) is 12.1 Å². The molecule has 0 aromatic heterocycles. The van der Waals surface area contributed by atoms with Crippen LogP contribution in [0.5, 0.6) is 0 Å². The van der Waals surface area contributed by atoms with Crippen LogP contribution in [0.1, 0.15) is 31.9 Å². The number of nitriles is 1. The normalized spacial score (nSPS) is 11.8. The van der Waals surface area contributed by atoms with Gasteiger partial charge in [-0.3, -0.25) is 0 Å². The van der Waals surface area contributed by atoms with Crippen molar-refractivity contribution >= 4 is 0 Å². The van der Waals surface area contributed by atoms with Gasteiger partial charge in [-0.2, -0.15) is 0 Å². The third kappa shape index (κ3) is 3.42. The summed E-state index contributed by atoms with van der Waals surface area (Å²) < 4.78 is -0.217. The third-order valence-electron chi connectivity index (χ3n) is 2.10. The van der Waals surface area contributed by atoms with Crippen molar-refractivity contribution in [3.8, 4) is 6.07 Å². The number of nitrogens with one attached hydrogen (secondary N) is 1. The summed E-state index contributed by atoms with van der Waals surface area (Å²) in [5.74, 6) is 0. The van der Waals surface area contributed by atoms with Crippen molar-refractivity contribution in [3.63, 3.8) is 0 Å². The van der Waals surface area contributed by atoms with Gasteiger partial charge in [-0.25, -0.2) is 0 Å². The van der Waals surface area contributed by atoms with Gasteiger partial charge in [0.1, 0.15) is 0 Å². The molecule has 0 fully saturated rings. The second-order valence-corrected chi connectivity index (χ2v) is 7.05. The van der Waals surface area contributed by atoms with E-state index in [1.165, 1.54) is 0 Å². The summed E-state index contributed by atoms with van der Waals surface area (Å²) in [6.07, 6.45) is 0. The number of rotatable bonds is 2. The first-order chi connectivity index (χ1) is 7.34. The molecule has 0 aliphatic carbocycles. The van der Waals surface area contributed by atoms with E-state index in [2.05, 4.69) is 6.07 Å². The molecule has 1 N–H and O–H groups in total. The number of hydrogen-bond acceptors (Lipinski definition) is 3. The molecule has 0 amide bonds. The summed E-state index contributed by atoms with van der Waals surface area (Å²) in [5, 5.41) is 30.1. The zero-order valence-corrected chi connectivity index (χ0v) is 11.5. The number of quaternary nitrogens is 1. The van der Waals surface area contributed by atoms with E-state index < -0.39 is 24.9 Å². The fourth-order valence-electron chi connectivity index (χ4n) is 1.38. The second kappa shape index (κ2) is 5.10. The van der Waals surface area contributed by atoms with Crippen molar-refractivity contribution in [2.75, 3.05) is 0 Å². The van der Waals surface area contributed by atoms with Crippen molar-refractivity contribution in [2.45, 2.75) is 26.2 Å². The molecule has 5 heteroatoms. The Bertz CT molecular complexity index is 419. The number of halogens is 1. The first-order valence-electron chi connectivity index (χ1n) is 4.75. The number of benzene rings is 1. The topological polar surface area (TPSA) is 74.3 Å². The van der Waals surface area contributed by atoms with Crippen molar-refractivity contribution in [1.29, 1.82) is 5.26 Å². The Kier molecular flexibility index (Phi) is 4.27. The van der Waals surface area contributed by atoms with E-state index in [-0.39, 0.29) is 5.41 Å². The first-order valence-corrected chi connectivity index (χ1v) is 6.91. The Hall–Kier alpha value is -0.680. The van der Waals surface area contributed by atoms with Crippen molar-refractivity contribution in [2.24, 2.45) is 0 Å². The second-order valence-electron chi connectivity index (χ2n) is 4.38. The van der Waals surface area contributed by atoms with Gasteiger partial charge in [0.15, 0.2) is 0 Å². The molecule has 0 atom stereocenters. The Morgan fingerprint density at radius 3 is 2.38 bits per heavy atom. The fraction of sp³-hybridized carbons (Fsp3) is 0.364. The van der Waals surface area contributed by atoms with E-state index in [1.807, 2.05) is 26.8 Å². The molecule has 0 saturated carbocycles. The molecule has 1 aromatic rings. The maximum atomic E-state index is 10.6. The van der Waals surface area contributed by atoms with Crippen LogP contribution in [0.15, 0.2) is 18.2 Å². The molecular formula is C11H13IN2O2-2. The molecule has 4 nitrogen and oxygen atoms in total. The van der Waals surface area contributed by atoms with Crippen LogP contribution in [-0.4, -0.2) is 0 Å². The Balaban J connectivity index is 3.18. The minimum absolute atomic E-state index is 0.156. The van der Waals surface area contributed by atoms with Crippen molar-refractivity contribution < 1.29 is 24.9 Å². The predicted octanol–water partition coefficient (Wildman–Crippen LogP) is -2.09. The summed E-state index contributed by atoms with van der Waals surface area (Å²) in [6, 6.07) is 7.35. The third-order valence-corrected chi connectivity index (χ3v) is 3.83. The van der Waals surface area contributed by atoms with Crippen LogP contribution < -0.4 is 24.9 Å². The van der Waals surface area contributed by atoms with Crippen LogP contribution in [0.4, 0.5) is 0 Å². The quantitative estimate of drug-likeness (QED) is 0.383. The van der Waals surface area contributed by atoms with E-state index in [0.29, 0.717) is 5.56 Å². The van der Waals surface area contributed by atoms with Crippen molar-refractivity contribution in [1.82, 2.24) is 0 Å². The Morgan fingerprint density at radius 2 is 1.94 bits per heavy atom. The van der Waals surface area contributed by atoms with Gasteiger partial charge in [0.2, 0.25) is 0 Å². The summed E-state index contributed by atoms with van der Waals surface area (Å²) >= 11 is -1.12. The summed E-state index contributed by atoms with van der Waals surface area (Å²) in [6.45, 7) is 6.01. The van der Waals surface area contributed by atoms with Gasteiger partial charge in [0, 0.05) is 0 Å². The summed E-state index contributed by atoms with van der Waals surface area (Å²) in [7, 11) is 0. The van der Waals surface area contributed by atoms with Crippen LogP contribution in [0, 0.1) is 25.3 Å². The molecule has 88 valence electrons. The molecule has 0 aliphatic heterocycles. The standard InChI is InChI=1S/C11H13IN2O2/c1-11(2,3)10-6-9(12-14(15)16)5-4-8(10)7-13/h4-6,14H,1-3H3/q-2. The first kappa shape index (κ1) is 13.4. The van der Waals surface area contributed by atoms with Gasteiger partial charge >= 0.3 is 106 Å². The molecule has 1 rings (SSSR count). The SMILES string of the molecule is CC(C)(C)c1cc([I-][NH+]([O-])[O-])ccc1C#N. The van der Waals surface area contributed by atoms with Crippen LogP contribution in [0.3, 0.4) is 0 Å². The average Bonchev–Trinajstić information content (AvgIpc) is 2.15. The number of hydrogen-bond donors (Lipinski definition) is 1. The number of nitrogens with zero attached hydrogens (tertiary/aromatic N) is 1. The summed E-state index contributed by atoms with van der Waals surface area (Å²) in [4.78, 5) is 0. The summed E-state index contributed by atoms with van der Waals surface area (Å²) in [5.41, 5.74) is 1.35. The van der Waals surface area contributed by atoms with Crippen LogP contribution in [0.25, 0.3) is 0 Å². The van der Waals surface area contributed by atoms with Gasteiger partial charge in [0.25, 0.3) is 0 Å². The predicted molar refractivity (Wildman–Crippen MR) is 56.3 cm³/mol. The molecular weight excluding hydrogens is 319 g/mol. The molecule has 0 radical (unpaired) electrons. The van der Waals surface area contributed by atoms with Crippen molar-refractivity contribution in [3.05, 3.63) is 43.3 Å². The van der Waals surface area contributed by atoms with Gasteiger partial charge in [0.05, 0.1) is 0 Å². The van der Waals surface area contributed by atoms with Crippen LogP contribution in [-0.2, 0) is 5.41 Å². The molecule has 16 heavy (non-hydrogen) atoms. The van der Waals surface area contributed by atoms with E-state index >= 15 is 0 Å². The molecule has 0 saturated heterocycles. The Labute approximate surface area is 106 Å². The molecule has 0 bridgehead atoms. The molecule has 0 heterocycles.